The minimum absolute atomic E-state index is 0.204. The van der Waals surface area contributed by atoms with Crippen LogP contribution < -0.4 is 16.0 Å². The second-order valence-corrected chi connectivity index (χ2v) is 5.96. The summed E-state index contributed by atoms with van der Waals surface area (Å²) in [6.07, 6.45) is 0.525. The average molecular weight is 358 g/mol. The lowest BCUT2D eigenvalue weighted by Gasteiger charge is -2.14. The Kier molecular flexibility index (Phi) is 5.13. The molecule has 1 aliphatic rings. The number of halogens is 1. The summed E-state index contributed by atoms with van der Waals surface area (Å²) in [5.74, 6) is -0.674. The van der Waals surface area contributed by atoms with Crippen LogP contribution in [0.4, 0.5) is 14.9 Å². The van der Waals surface area contributed by atoms with Crippen LogP contribution in [0.2, 0.25) is 0 Å². The molecule has 136 valence electrons. The number of aromatic nitrogens is 1. The van der Waals surface area contributed by atoms with Crippen molar-refractivity contribution >= 4 is 17.7 Å². The van der Waals surface area contributed by atoms with E-state index in [1.54, 1.807) is 30.5 Å². The van der Waals surface area contributed by atoms with Gasteiger partial charge in [-0.05, 0) is 24.3 Å². The number of nitrogens with zero attached hydrogens (tertiary/aromatic N) is 2. The number of rotatable bonds is 5. The van der Waals surface area contributed by atoms with Crippen LogP contribution in [-0.2, 0) is 16.1 Å². The number of amides is 2. The molecule has 1 aromatic heterocycles. The Balaban J connectivity index is 1.76. The molecule has 0 spiro atoms. The van der Waals surface area contributed by atoms with Crippen molar-refractivity contribution in [3.63, 3.8) is 0 Å². The third kappa shape index (κ3) is 3.80. The highest BCUT2D eigenvalue weighted by atomic mass is 19.1. The van der Waals surface area contributed by atoms with E-state index in [0.717, 1.165) is 5.69 Å². The van der Waals surface area contributed by atoms with Gasteiger partial charge in [0, 0.05) is 30.8 Å². The fourth-order valence-corrected chi connectivity index (χ4v) is 2.71. The molecule has 2 amide bonds. The van der Waals surface area contributed by atoms with Crippen molar-refractivity contribution in [2.24, 2.45) is 5.73 Å². The van der Waals surface area contributed by atoms with Gasteiger partial charge in [-0.1, -0.05) is 6.07 Å². The zero-order valence-corrected chi connectivity index (χ0v) is 14.2. The van der Waals surface area contributed by atoms with Crippen molar-refractivity contribution in [1.29, 1.82) is 0 Å². The van der Waals surface area contributed by atoms with Gasteiger partial charge >= 0.3 is 6.09 Å². The van der Waals surface area contributed by atoms with Gasteiger partial charge in [-0.15, -0.1) is 0 Å². The van der Waals surface area contributed by atoms with Crippen molar-refractivity contribution in [2.75, 3.05) is 18.0 Å². The van der Waals surface area contributed by atoms with Crippen LogP contribution >= 0.6 is 0 Å². The molecule has 1 aliphatic heterocycles. The highest BCUT2D eigenvalue weighted by Gasteiger charge is 2.32. The van der Waals surface area contributed by atoms with Gasteiger partial charge < -0.3 is 15.8 Å². The summed E-state index contributed by atoms with van der Waals surface area (Å²) in [5, 5.41) is 2.60. The van der Waals surface area contributed by atoms with Crippen molar-refractivity contribution < 1.29 is 18.7 Å². The third-order valence-corrected chi connectivity index (χ3v) is 4.06. The number of pyridine rings is 1. The van der Waals surface area contributed by atoms with Crippen LogP contribution in [0.1, 0.15) is 12.6 Å². The van der Waals surface area contributed by atoms with Crippen LogP contribution in [0.25, 0.3) is 11.1 Å². The first-order valence-corrected chi connectivity index (χ1v) is 8.15. The zero-order chi connectivity index (χ0) is 18.7. The maximum Gasteiger partial charge on any atom is 0.414 e. The quantitative estimate of drug-likeness (QED) is 0.849. The van der Waals surface area contributed by atoms with E-state index in [1.165, 1.54) is 17.9 Å². The molecule has 8 heteroatoms. The second-order valence-electron chi connectivity index (χ2n) is 5.96. The number of hydrogen-bond acceptors (Lipinski definition) is 5. The summed E-state index contributed by atoms with van der Waals surface area (Å²) in [7, 11) is 0. The molecule has 1 fully saturated rings. The minimum atomic E-state index is -0.568. The number of carbonyl (C=O) groups excluding carboxylic acids is 2. The summed E-state index contributed by atoms with van der Waals surface area (Å²) in [4.78, 5) is 28.5. The summed E-state index contributed by atoms with van der Waals surface area (Å²) >= 11 is 0. The van der Waals surface area contributed by atoms with E-state index < -0.39 is 18.0 Å². The molecule has 1 saturated heterocycles. The standard InChI is InChI=1S/C18H19FN4O3/c1-11(24)21-9-15-10-23(18(25)26-15)14-4-5-16(17(19)6-14)12-2-3-13(7-20)22-8-12/h2-6,8,15H,7,9-10,20H2,1H3,(H,21,24). The van der Waals surface area contributed by atoms with Gasteiger partial charge in [0.1, 0.15) is 11.9 Å². The predicted octanol–water partition coefficient (Wildman–Crippen LogP) is 1.81. The largest absolute Gasteiger partial charge is 0.442 e. The van der Waals surface area contributed by atoms with E-state index in [1.807, 2.05) is 0 Å². The van der Waals surface area contributed by atoms with Gasteiger partial charge in [0.05, 0.1) is 24.5 Å². The Morgan fingerprint density at radius 2 is 2.23 bits per heavy atom. The molecule has 1 unspecified atom stereocenters. The topological polar surface area (TPSA) is 97.5 Å². The maximum atomic E-state index is 14.6. The molecule has 3 N–H and O–H groups in total. The molecule has 2 aromatic rings. The Morgan fingerprint density at radius 1 is 1.42 bits per heavy atom. The number of anilines is 1. The minimum Gasteiger partial charge on any atom is -0.442 e. The van der Waals surface area contributed by atoms with E-state index in [2.05, 4.69) is 10.3 Å². The summed E-state index contributed by atoms with van der Waals surface area (Å²) in [5.41, 5.74) is 7.63. The molecular weight excluding hydrogens is 339 g/mol. The van der Waals surface area contributed by atoms with E-state index >= 15 is 0 Å². The van der Waals surface area contributed by atoms with E-state index in [9.17, 15) is 14.0 Å². The highest BCUT2D eigenvalue weighted by molar-refractivity contribution is 5.90. The predicted molar refractivity (Wildman–Crippen MR) is 93.8 cm³/mol. The molecule has 1 aromatic carbocycles. The number of nitrogens with one attached hydrogen (secondary N) is 1. The summed E-state index contributed by atoms with van der Waals surface area (Å²) in [6.45, 7) is 2.16. The first-order valence-electron chi connectivity index (χ1n) is 8.15. The lowest BCUT2D eigenvalue weighted by atomic mass is 10.1. The highest BCUT2D eigenvalue weighted by Crippen LogP contribution is 2.28. The van der Waals surface area contributed by atoms with Crippen molar-refractivity contribution in [3.8, 4) is 11.1 Å². The molecular formula is C18H19FN4O3. The van der Waals surface area contributed by atoms with Crippen LogP contribution in [-0.4, -0.2) is 36.2 Å². The number of nitrogens with two attached hydrogens (primary N) is 1. The number of hydrogen-bond donors (Lipinski definition) is 2. The molecule has 1 atom stereocenters. The van der Waals surface area contributed by atoms with Crippen LogP contribution in [0.5, 0.6) is 0 Å². The van der Waals surface area contributed by atoms with Crippen molar-refractivity contribution in [3.05, 3.63) is 48.0 Å². The molecule has 0 aliphatic carbocycles. The number of benzene rings is 1. The van der Waals surface area contributed by atoms with Gasteiger partial charge in [0.25, 0.3) is 0 Å². The van der Waals surface area contributed by atoms with E-state index in [4.69, 9.17) is 10.5 Å². The Morgan fingerprint density at radius 3 is 2.85 bits per heavy atom. The van der Waals surface area contributed by atoms with Gasteiger partial charge in [0.2, 0.25) is 5.91 Å². The van der Waals surface area contributed by atoms with Gasteiger partial charge in [-0.3, -0.25) is 14.7 Å². The van der Waals surface area contributed by atoms with Crippen LogP contribution in [0.3, 0.4) is 0 Å². The SMILES string of the molecule is CC(=O)NCC1CN(c2ccc(-c3ccc(CN)nc3)c(F)c2)C(=O)O1. The Hall–Kier alpha value is -3.00. The molecule has 0 saturated carbocycles. The lowest BCUT2D eigenvalue weighted by molar-refractivity contribution is -0.119. The average Bonchev–Trinajstić information content (AvgIpc) is 3.01. The smallest absolute Gasteiger partial charge is 0.414 e. The van der Waals surface area contributed by atoms with E-state index in [-0.39, 0.29) is 19.0 Å². The molecule has 26 heavy (non-hydrogen) atoms. The number of ether oxygens (including phenoxy) is 1. The molecule has 7 nitrogen and oxygen atoms in total. The maximum absolute atomic E-state index is 14.6. The molecule has 2 heterocycles. The Labute approximate surface area is 150 Å². The van der Waals surface area contributed by atoms with Crippen LogP contribution in [0.15, 0.2) is 36.5 Å². The molecule has 0 bridgehead atoms. The van der Waals surface area contributed by atoms with Crippen molar-refractivity contribution in [1.82, 2.24) is 10.3 Å². The fraction of sp³-hybridized carbons (Fsp3) is 0.278. The first-order chi connectivity index (χ1) is 12.5. The van der Waals surface area contributed by atoms with Gasteiger partial charge in [-0.25, -0.2) is 9.18 Å². The lowest BCUT2D eigenvalue weighted by Crippen LogP contribution is -2.33. The van der Waals surface area contributed by atoms with Gasteiger partial charge in [-0.2, -0.15) is 0 Å². The van der Waals surface area contributed by atoms with E-state index in [0.29, 0.717) is 23.4 Å². The Bertz CT molecular complexity index is 826. The normalized spacial score (nSPS) is 16.5. The van der Waals surface area contributed by atoms with Gasteiger partial charge in [0.15, 0.2) is 0 Å². The monoisotopic (exact) mass is 358 g/mol. The van der Waals surface area contributed by atoms with Crippen molar-refractivity contribution in [2.45, 2.75) is 19.6 Å². The molecule has 3 rings (SSSR count). The number of carbonyl (C=O) groups is 2. The third-order valence-electron chi connectivity index (χ3n) is 4.06. The van der Waals surface area contributed by atoms with Crippen LogP contribution in [0, 0.1) is 5.82 Å². The fourth-order valence-electron chi connectivity index (χ4n) is 2.71. The second kappa shape index (κ2) is 7.49. The number of cyclic esters (lactones) is 1. The zero-order valence-electron chi connectivity index (χ0n) is 14.2. The summed E-state index contributed by atoms with van der Waals surface area (Å²) < 4.78 is 19.7. The first kappa shape index (κ1) is 17.8. The summed E-state index contributed by atoms with van der Waals surface area (Å²) in [6, 6.07) is 8.03. The molecule has 0 radical (unpaired) electrons.